The lowest BCUT2D eigenvalue weighted by Crippen LogP contribution is -2.45. The molecule has 2 N–H and O–H groups in total. The molecule has 0 fully saturated rings. The van der Waals surface area contributed by atoms with Crippen molar-refractivity contribution in [1.82, 2.24) is 20.1 Å². The lowest BCUT2D eigenvalue weighted by Gasteiger charge is -2.16. The predicted molar refractivity (Wildman–Crippen MR) is 102 cm³/mol. The van der Waals surface area contributed by atoms with Gasteiger partial charge in [-0.1, -0.05) is 24.3 Å². The fraction of sp³-hybridized carbons (Fsp3) is 0.200. The molecule has 7 nitrogen and oxygen atoms in total. The Hall–Kier alpha value is -3.67. The minimum absolute atomic E-state index is 0.0239. The largest absolute Gasteiger partial charge is 0.382 e. The second-order valence-corrected chi connectivity index (χ2v) is 6.49. The first-order chi connectivity index (χ1) is 15.2. The third kappa shape index (κ3) is 4.97. The van der Waals surface area contributed by atoms with Crippen molar-refractivity contribution < 1.29 is 31.9 Å². The van der Waals surface area contributed by atoms with E-state index in [1.807, 2.05) is 0 Å². The first-order valence-electron chi connectivity index (χ1n) is 9.03. The van der Waals surface area contributed by atoms with Crippen LogP contribution in [0.4, 0.5) is 22.0 Å². The number of hydrogen-bond acceptors (Lipinski definition) is 5. The van der Waals surface area contributed by atoms with Gasteiger partial charge in [-0.25, -0.2) is 22.0 Å². The van der Waals surface area contributed by atoms with Gasteiger partial charge in [0.05, 0.1) is 17.6 Å². The molecule has 3 rings (SSSR count). The number of aliphatic hydroxyl groups is 1. The highest BCUT2D eigenvalue weighted by atomic mass is 19.3. The summed E-state index contributed by atoms with van der Waals surface area (Å²) >= 11 is 0. The number of amides is 1. The molecular weight excluding hydrogens is 439 g/mol. The fourth-order valence-corrected chi connectivity index (χ4v) is 2.67. The summed E-state index contributed by atoms with van der Waals surface area (Å²) in [6.45, 7) is 0. The van der Waals surface area contributed by atoms with Crippen LogP contribution in [0.1, 0.15) is 22.3 Å². The van der Waals surface area contributed by atoms with Crippen LogP contribution in [0.25, 0.3) is 16.9 Å². The minimum atomic E-state index is -3.47. The van der Waals surface area contributed by atoms with Gasteiger partial charge in [0.1, 0.15) is 5.56 Å². The maximum atomic E-state index is 13.8. The van der Waals surface area contributed by atoms with Crippen molar-refractivity contribution in [2.45, 2.75) is 25.3 Å². The van der Waals surface area contributed by atoms with Gasteiger partial charge < -0.3 is 10.4 Å². The van der Waals surface area contributed by atoms with Crippen LogP contribution in [-0.2, 0) is 0 Å². The van der Waals surface area contributed by atoms with E-state index >= 15 is 0 Å². The van der Waals surface area contributed by atoms with E-state index in [1.165, 1.54) is 42.0 Å². The molecule has 1 amide bonds. The monoisotopic (exact) mass is 454 g/mol. The van der Waals surface area contributed by atoms with Crippen molar-refractivity contribution in [3.05, 3.63) is 76.3 Å². The number of halogens is 5. The Bertz CT molecular complexity index is 1140. The Kier molecular flexibility index (Phi) is 6.93. The van der Waals surface area contributed by atoms with E-state index in [1.54, 1.807) is 0 Å². The lowest BCUT2D eigenvalue weighted by molar-refractivity contribution is -0.0551. The number of carbonyl (C=O) groups is 1. The van der Waals surface area contributed by atoms with Gasteiger partial charge in [0, 0.05) is 17.3 Å². The molecule has 0 spiro atoms. The highest BCUT2D eigenvalue weighted by molar-refractivity contribution is 5.95. The first-order valence-corrected chi connectivity index (χ1v) is 9.03. The van der Waals surface area contributed by atoms with E-state index in [-0.39, 0.29) is 22.5 Å². The van der Waals surface area contributed by atoms with Gasteiger partial charge in [-0.2, -0.15) is 9.78 Å². The van der Waals surface area contributed by atoms with Crippen molar-refractivity contribution in [3.8, 4) is 16.9 Å². The fourth-order valence-electron chi connectivity index (χ4n) is 2.67. The maximum Gasteiger partial charge on any atom is 0.284 e. The van der Waals surface area contributed by atoms with Crippen LogP contribution in [0.3, 0.4) is 0 Å². The first kappa shape index (κ1) is 23.0. The number of nitrogens with zero attached hydrogens (tertiary/aromatic N) is 3. The van der Waals surface area contributed by atoms with Gasteiger partial charge in [-0.3, -0.25) is 14.6 Å². The molecular formula is C20H15F5N4O3. The molecule has 0 saturated heterocycles. The number of rotatable bonds is 7. The number of benzene rings is 1. The Morgan fingerprint density at radius 1 is 1.06 bits per heavy atom. The average Bonchev–Trinajstić information content (AvgIpc) is 2.79. The smallest absolute Gasteiger partial charge is 0.284 e. The topological polar surface area (TPSA) is 97.1 Å². The summed E-state index contributed by atoms with van der Waals surface area (Å²) in [7, 11) is 0. The van der Waals surface area contributed by atoms with Crippen molar-refractivity contribution in [2.24, 2.45) is 0 Å². The molecule has 0 radical (unpaired) electrons. The van der Waals surface area contributed by atoms with Crippen LogP contribution >= 0.6 is 0 Å². The number of hydrogen-bond donors (Lipinski definition) is 2. The summed E-state index contributed by atoms with van der Waals surface area (Å²) < 4.78 is 65.2. The van der Waals surface area contributed by atoms with Gasteiger partial charge in [0.25, 0.3) is 24.3 Å². The maximum absolute atomic E-state index is 13.8. The third-order valence-electron chi connectivity index (χ3n) is 4.33. The van der Waals surface area contributed by atoms with Gasteiger partial charge in [-0.05, 0) is 18.2 Å². The molecule has 2 aromatic heterocycles. The highest BCUT2D eigenvalue weighted by Crippen LogP contribution is 2.23. The van der Waals surface area contributed by atoms with Crippen molar-refractivity contribution in [1.29, 1.82) is 0 Å². The zero-order valence-electron chi connectivity index (χ0n) is 16.0. The van der Waals surface area contributed by atoms with Gasteiger partial charge in [0.2, 0.25) is 6.30 Å². The molecule has 0 aliphatic carbocycles. The number of pyridine rings is 1. The van der Waals surface area contributed by atoms with E-state index < -0.39 is 42.3 Å². The number of carbonyl (C=O) groups excluding carboxylic acids is 1. The summed E-state index contributed by atoms with van der Waals surface area (Å²) in [5.74, 6) is -1.38. The normalized spacial score (nSPS) is 13.2. The summed E-state index contributed by atoms with van der Waals surface area (Å²) in [5.41, 5.74) is -1.63. The van der Waals surface area contributed by atoms with Crippen LogP contribution in [0.2, 0.25) is 0 Å². The second-order valence-electron chi connectivity index (χ2n) is 6.49. The van der Waals surface area contributed by atoms with Crippen LogP contribution < -0.4 is 10.9 Å². The Morgan fingerprint density at radius 2 is 1.75 bits per heavy atom. The van der Waals surface area contributed by atoms with E-state index in [9.17, 15) is 31.5 Å². The summed E-state index contributed by atoms with van der Waals surface area (Å²) in [4.78, 5) is 29.1. The second kappa shape index (κ2) is 9.64. The van der Waals surface area contributed by atoms with Crippen molar-refractivity contribution in [3.63, 3.8) is 0 Å². The Labute approximate surface area is 177 Å². The van der Waals surface area contributed by atoms with E-state index in [0.29, 0.717) is 0 Å². The standard InChI is InChI=1S/C20H15F5N4O3/c21-16(22)11-5-3-10(4-6-11)14-8-13(19(31)27-18(25)15(30)17(23)24)20(32)29(28-14)12-2-1-7-26-9-12/h1-9,15-18,30H,(H,27,31)/t15-,18?/m1/s1. The molecule has 168 valence electrons. The summed E-state index contributed by atoms with van der Waals surface area (Å²) in [5, 5.41) is 14.7. The highest BCUT2D eigenvalue weighted by Gasteiger charge is 2.30. The van der Waals surface area contributed by atoms with Crippen LogP contribution in [0.5, 0.6) is 0 Å². The average molecular weight is 454 g/mol. The SMILES string of the molecule is O=C(NC(F)[C@H](O)C(F)F)c1cc(-c2ccc(C(F)F)cc2)nn(-c2cccnc2)c1=O. The Morgan fingerprint density at radius 3 is 2.31 bits per heavy atom. The van der Waals surface area contributed by atoms with E-state index in [4.69, 9.17) is 5.11 Å². The predicted octanol–water partition coefficient (Wildman–Crippen LogP) is 2.88. The molecule has 12 heteroatoms. The van der Waals surface area contributed by atoms with Crippen LogP contribution in [-0.4, -0.2) is 44.6 Å². The van der Waals surface area contributed by atoms with Gasteiger partial charge in [0.15, 0.2) is 6.10 Å². The lowest BCUT2D eigenvalue weighted by atomic mass is 10.1. The van der Waals surface area contributed by atoms with Crippen LogP contribution in [0.15, 0.2) is 59.7 Å². The molecule has 2 atom stereocenters. The van der Waals surface area contributed by atoms with Gasteiger partial charge >= 0.3 is 0 Å². The quantitative estimate of drug-likeness (QED) is 0.423. The van der Waals surface area contributed by atoms with Crippen LogP contribution in [0, 0.1) is 0 Å². The molecule has 1 unspecified atom stereocenters. The molecule has 0 aliphatic rings. The molecule has 0 aliphatic heterocycles. The molecule has 0 bridgehead atoms. The Balaban J connectivity index is 2.09. The molecule has 3 aromatic rings. The third-order valence-corrected chi connectivity index (χ3v) is 4.33. The van der Waals surface area contributed by atoms with E-state index in [0.717, 1.165) is 22.9 Å². The van der Waals surface area contributed by atoms with E-state index in [2.05, 4.69) is 10.1 Å². The van der Waals surface area contributed by atoms with Crippen molar-refractivity contribution >= 4 is 5.91 Å². The van der Waals surface area contributed by atoms with Gasteiger partial charge in [-0.15, -0.1) is 0 Å². The number of aliphatic hydroxyl groups excluding tert-OH is 1. The summed E-state index contributed by atoms with van der Waals surface area (Å²) in [6, 6.07) is 8.68. The zero-order valence-corrected chi connectivity index (χ0v) is 16.0. The zero-order chi connectivity index (χ0) is 23.4. The molecule has 32 heavy (non-hydrogen) atoms. The molecule has 2 heterocycles. The van der Waals surface area contributed by atoms with Crippen molar-refractivity contribution in [2.75, 3.05) is 0 Å². The number of alkyl halides is 5. The summed E-state index contributed by atoms with van der Waals surface area (Å²) in [6.07, 6.45) is -9.19. The molecule has 0 saturated carbocycles. The number of nitrogens with one attached hydrogen (secondary N) is 1. The number of aromatic nitrogens is 3. The molecule has 1 aromatic carbocycles. The minimum Gasteiger partial charge on any atom is -0.382 e.